The Bertz CT molecular complexity index is 3090. The molecule has 2 N–H and O–H groups in total. The van der Waals surface area contributed by atoms with E-state index in [0.29, 0.717) is 27.6 Å². The number of allylic oxidation sites excluding steroid dienone is 1. The number of rotatable bonds is 17. The van der Waals surface area contributed by atoms with Crippen LogP contribution >= 0.6 is 34.9 Å². The number of thioether (sulfide) groups is 2. The molecule has 13 nitrogen and oxygen atoms in total. The van der Waals surface area contributed by atoms with Crippen LogP contribution in [0.25, 0.3) is 11.5 Å². The molecule has 10 rings (SSSR count). The fourth-order valence-electron chi connectivity index (χ4n) is 8.52. The first-order valence-corrected chi connectivity index (χ1v) is 25.3. The molecule has 2 aliphatic rings. The van der Waals surface area contributed by atoms with E-state index in [4.69, 9.17) is 19.0 Å². The zero-order chi connectivity index (χ0) is 48.6. The number of carbonyl (C=O) groups is 3. The zero-order valence-electron chi connectivity index (χ0n) is 37.9. The van der Waals surface area contributed by atoms with Gasteiger partial charge >= 0.3 is 5.97 Å². The first kappa shape index (κ1) is 46.7. The highest BCUT2D eigenvalue weighted by molar-refractivity contribution is 8.02. The summed E-state index contributed by atoms with van der Waals surface area (Å²) in [7, 11) is 1.34. The van der Waals surface area contributed by atoms with Crippen molar-refractivity contribution in [3.05, 3.63) is 244 Å². The lowest BCUT2D eigenvalue weighted by molar-refractivity contribution is -0.154. The number of nitrogens with one attached hydrogen (secondary N) is 2. The molecule has 0 bridgehead atoms. The lowest BCUT2D eigenvalue weighted by Crippen LogP contribution is -2.71. The Morgan fingerprint density at radius 2 is 1.34 bits per heavy atom. The van der Waals surface area contributed by atoms with Gasteiger partial charge in [-0.1, -0.05) is 175 Å². The number of esters is 1. The van der Waals surface area contributed by atoms with Gasteiger partial charge in [-0.15, -0.1) is 33.3 Å². The Balaban J connectivity index is 0.919. The Hall–Kier alpha value is -8.05. The molecular weight excluding hydrogens is 951 g/mol. The minimum atomic E-state index is -1.02. The third kappa shape index (κ3) is 9.77. The number of hydrogen-bond acceptors (Lipinski definition) is 14. The molecule has 2 aliphatic heterocycles. The molecule has 2 aromatic heterocycles. The van der Waals surface area contributed by atoms with Crippen molar-refractivity contribution in [3.8, 4) is 11.5 Å². The number of β-lactam (4-membered cyclic amide) rings is 1. The lowest BCUT2D eigenvalue weighted by atomic mass is 9.77. The van der Waals surface area contributed by atoms with Gasteiger partial charge in [-0.05, 0) is 68.8 Å². The van der Waals surface area contributed by atoms with Gasteiger partial charge in [0.2, 0.25) is 5.89 Å². The highest BCUT2D eigenvalue weighted by Crippen LogP contribution is 2.43. The second-order valence-electron chi connectivity index (χ2n) is 16.1. The first-order chi connectivity index (χ1) is 34.9. The van der Waals surface area contributed by atoms with Crippen LogP contribution in [0.4, 0.5) is 5.13 Å². The van der Waals surface area contributed by atoms with E-state index >= 15 is 0 Å². The summed E-state index contributed by atoms with van der Waals surface area (Å²) in [5, 5.41) is 22.7. The Morgan fingerprint density at radius 3 is 1.90 bits per heavy atom. The molecule has 6 aromatic carbocycles. The predicted molar refractivity (Wildman–Crippen MR) is 276 cm³/mol. The van der Waals surface area contributed by atoms with E-state index in [-0.39, 0.29) is 17.1 Å². The number of thiazole rings is 1. The van der Waals surface area contributed by atoms with Gasteiger partial charge in [0.25, 0.3) is 17.0 Å². The molecule has 16 heteroatoms. The monoisotopic (exact) mass is 993 g/mol. The zero-order valence-corrected chi connectivity index (χ0v) is 40.4. The summed E-state index contributed by atoms with van der Waals surface area (Å²) >= 11 is 3.88. The molecule has 0 aliphatic carbocycles. The number of fused-ring (bicyclic) bond motifs is 1. The third-order valence-corrected chi connectivity index (χ3v) is 14.5. The second kappa shape index (κ2) is 21.3. The van der Waals surface area contributed by atoms with Crippen LogP contribution in [0.3, 0.4) is 0 Å². The minimum Gasteiger partial charge on any atom is -0.448 e. The standard InChI is InChI=1S/C55H43N7O6S3/c1-66-61-44(43-35-71-53(56-43)58-55(40-26-14-5-15-27-40,41-28-16-6-17-29-41)42-30-18-7-19-31-42)48(63)57-45-50(64)62-46(52(65)67-47(36-20-8-2-9-21-36)37-22-10-3-11-23-37)39(34-70-51(45)62)32-33-69-54-60-59-49(68-54)38-24-12-4-13-25-38/h2-33,35,45,47,51H,34H2,1H3,(H,56,58)(H,57,63)/b33-32+,61-44+. The molecule has 71 heavy (non-hydrogen) atoms. The van der Waals surface area contributed by atoms with Crippen molar-refractivity contribution in [2.45, 2.75) is 28.3 Å². The summed E-state index contributed by atoms with van der Waals surface area (Å²) in [6.45, 7) is 0. The van der Waals surface area contributed by atoms with Crippen molar-refractivity contribution in [1.29, 1.82) is 0 Å². The van der Waals surface area contributed by atoms with Crippen LogP contribution in [-0.2, 0) is 29.5 Å². The molecule has 0 spiro atoms. The summed E-state index contributed by atoms with van der Waals surface area (Å²) in [4.78, 5) is 54.9. The molecule has 8 aromatic rings. The van der Waals surface area contributed by atoms with Crippen molar-refractivity contribution in [2.75, 3.05) is 18.2 Å². The Morgan fingerprint density at radius 1 is 0.789 bits per heavy atom. The van der Waals surface area contributed by atoms with E-state index < -0.39 is 40.8 Å². The maximum Gasteiger partial charge on any atom is 0.356 e. The SMILES string of the molecule is CO/N=C(/C(=O)NC1C(=O)N2C(C(=O)OC(c3ccccc3)c3ccccc3)=C(/C=C/Sc3nnc(-c4ccccc4)o3)CSC12)c1csc(NC(c2ccccc2)(c2ccccc2)c2ccccc2)n1. The minimum absolute atomic E-state index is 0.0631. The lowest BCUT2D eigenvalue weighted by Gasteiger charge is -2.49. The average Bonchev–Trinajstić information content (AvgIpc) is 4.11. The summed E-state index contributed by atoms with van der Waals surface area (Å²) < 4.78 is 12.3. The molecule has 1 fully saturated rings. The largest absolute Gasteiger partial charge is 0.448 e. The number of hydrogen-bond donors (Lipinski definition) is 2. The summed E-state index contributed by atoms with van der Waals surface area (Å²) in [6.07, 6.45) is 0.963. The van der Waals surface area contributed by atoms with Crippen LogP contribution in [0.1, 0.15) is 39.6 Å². The maximum absolute atomic E-state index is 14.7. The van der Waals surface area contributed by atoms with Gasteiger partial charge in [-0.25, -0.2) is 9.78 Å². The van der Waals surface area contributed by atoms with Gasteiger partial charge in [-0.3, -0.25) is 14.5 Å². The van der Waals surface area contributed by atoms with E-state index in [1.807, 2.05) is 146 Å². The number of aromatic nitrogens is 3. The van der Waals surface area contributed by atoms with Gasteiger partial charge in [-0.2, -0.15) is 0 Å². The fraction of sp³-hybridized carbons (Fsp3) is 0.109. The quantitative estimate of drug-likeness (QED) is 0.0222. The Kier molecular flexibility index (Phi) is 14.0. The molecule has 2 unspecified atom stereocenters. The van der Waals surface area contributed by atoms with Crippen LogP contribution in [0.2, 0.25) is 0 Å². The molecule has 0 saturated carbocycles. The molecule has 2 atom stereocenters. The number of nitrogens with zero attached hydrogens (tertiary/aromatic N) is 5. The molecule has 2 amide bonds. The highest BCUT2D eigenvalue weighted by atomic mass is 32.2. The summed E-state index contributed by atoms with van der Waals surface area (Å²) in [6, 6.07) is 57.5. The predicted octanol–water partition coefficient (Wildman–Crippen LogP) is 10.2. The smallest absolute Gasteiger partial charge is 0.356 e. The van der Waals surface area contributed by atoms with Crippen molar-refractivity contribution < 1.29 is 28.4 Å². The number of carbonyl (C=O) groups excluding carboxylic acids is 3. The van der Waals surface area contributed by atoms with Crippen LogP contribution < -0.4 is 10.6 Å². The molecule has 4 heterocycles. The van der Waals surface area contributed by atoms with E-state index in [2.05, 4.69) is 62.4 Å². The van der Waals surface area contributed by atoms with Gasteiger partial charge < -0.3 is 24.6 Å². The number of oxime groups is 1. The molecular formula is C55H43N7O6S3. The fourth-order valence-corrected chi connectivity index (χ4v) is 11.2. The third-order valence-electron chi connectivity index (χ3n) is 11.8. The van der Waals surface area contributed by atoms with Crippen LogP contribution in [-0.4, -0.2) is 67.9 Å². The van der Waals surface area contributed by atoms with E-state index in [1.54, 1.807) is 16.9 Å². The molecule has 352 valence electrons. The number of benzene rings is 6. The van der Waals surface area contributed by atoms with E-state index in [1.165, 1.54) is 46.9 Å². The van der Waals surface area contributed by atoms with Gasteiger partial charge in [0.15, 0.2) is 16.9 Å². The highest BCUT2D eigenvalue weighted by Gasteiger charge is 2.55. The Labute approximate surface area is 421 Å². The van der Waals surface area contributed by atoms with Gasteiger partial charge in [0, 0.05) is 16.7 Å². The maximum atomic E-state index is 14.7. The topological polar surface area (TPSA) is 161 Å². The van der Waals surface area contributed by atoms with Crippen molar-refractivity contribution in [1.82, 2.24) is 25.4 Å². The average molecular weight is 994 g/mol. The summed E-state index contributed by atoms with van der Waals surface area (Å²) in [5.41, 5.74) is 5.05. The molecule has 1 saturated heterocycles. The van der Waals surface area contributed by atoms with E-state index in [9.17, 15) is 14.4 Å². The van der Waals surface area contributed by atoms with Crippen molar-refractivity contribution in [2.24, 2.45) is 5.16 Å². The van der Waals surface area contributed by atoms with Gasteiger partial charge in [0.05, 0.1) is 0 Å². The van der Waals surface area contributed by atoms with Crippen LogP contribution in [0, 0.1) is 0 Å². The van der Waals surface area contributed by atoms with Crippen LogP contribution in [0.15, 0.2) is 225 Å². The van der Waals surface area contributed by atoms with E-state index in [0.717, 1.165) is 33.4 Å². The van der Waals surface area contributed by atoms with Crippen molar-refractivity contribution in [3.63, 3.8) is 0 Å². The second-order valence-corrected chi connectivity index (χ2v) is 19.0. The molecule has 0 radical (unpaired) electrons. The summed E-state index contributed by atoms with van der Waals surface area (Å²) in [5.74, 6) is -1.22. The number of ether oxygens (including phenoxy) is 1. The number of anilines is 1. The normalized spacial score (nSPS) is 15.8. The van der Waals surface area contributed by atoms with Crippen molar-refractivity contribution >= 4 is 63.5 Å². The number of amides is 2. The first-order valence-electron chi connectivity index (χ1n) is 22.4. The van der Waals surface area contributed by atoms with Gasteiger partial charge in [0.1, 0.15) is 35.5 Å². The van der Waals surface area contributed by atoms with Crippen LogP contribution in [0.5, 0.6) is 0 Å².